The number of fused-ring (bicyclic) bond motifs is 6. The molecule has 0 saturated heterocycles. The predicted molar refractivity (Wildman–Crippen MR) is 152 cm³/mol. The van der Waals surface area contributed by atoms with Gasteiger partial charge in [-0.25, -0.2) is 4.58 Å². The molecule has 3 aliphatic carbocycles. The predicted octanol–water partition coefficient (Wildman–Crippen LogP) is 8.09. The molecule has 1 aromatic carbocycles. The number of hydrogen-bond acceptors (Lipinski definition) is 1. The van der Waals surface area contributed by atoms with Gasteiger partial charge in [0.1, 0.15) is 11.9 Å². The molecule has 6 unspecified atom stereocenters. The second-order valence-corrected chi connectivity index (χ2v) is 13.6. The van der Waals surface area contributed by atoms with E-state index in [2.05, 4.69) is 69.5 Å². The number of ether oxygens (including phenoxy) is 1. The summed E-state index contributed by atoms with van der Waals surface area (Å²) in [6, 6.07) is 7.89. The van der Waals surface area contributed by atoms with Crippen molar-refractivity contribution < 1.29 is 9.31 Å². The van der Waals surface area contributed by atoms with Crippen LogP contribution in [0.25, 0.3) is 0 Å². The van der Waals surface area contributed by atoms with Gasteiger partial charge < -0.3 is 4.74 Å². The van der Waals surface area contributed by atoms with E-state index in [1.54, 1.807) is 33.5 Å². The molecule has 2 heteroatoms. The highest BCUT2D eigenvalue weighted by Crippen LogP contribution is 2.54. The minimum Gasteiger partial charge on any atom is -0.489 e. The van der Waals surface area contributed by atoms with Crippen molar-refractivity contribution in [2.75, 3.05) is 6.54 Å². The zero-order valence-electron chi connectivity index (χ0n) is 23.7. The average Bonchev–Trinajstić information content (AvgIpc) is 3.54. The lowest BCUT2D eigenvalue weighted by Crippen LogP contribution is -2.38. The molecule has 0 aromatic heterocycles. The third kappa shape index (κ3) is 3.60. The average molecular weight is 497 g/mol. The molecule has 1 fully saturated rings. The summed E-state index contributed by atoms with van der Waals surface area (Å²) >= 11 is 0. The van der Waals surface area contributed by atoms with Crippen LogP contribution in [0.2, 0.25) is 0 Å². The summed E-state index contributed by atoms with van der Waals surface area (Å²) in [4.78, 5) is 0. The first-order chi connectivity index (χ1) is 17.9. The standard InChI is InChI=1S/C35H46NO/c1-20(2)23-13-10-14-24(21(3)4)27(23)18-28-25-11-6-8-15-31(25)36-19-30-22(5)17-29-26-12-7-9-16-32(26)37-35(29)33(30)34(28)36/h7,10,12-14,20-22,25,28-29,31,35H,6,8-9,11,15-19H2,1-5H3/q+1. The Hall–Kier alpha value is -2.09. The molecule has 1 saturated carbocycles. The van der Waals surface area contributed by atoms with Gasteiger partial charge >= 0.3 is 0 Å². The number of benzene rings is 1. The third-order valence-corrected chi connectivity index (χ3v) is 10.9. The van der Waals surface area contributed by atoms with Crippen molar-refractivity contribution >= 4 is 5.71 Å². The third-order valence-electron chi connectivity index (χ3n) is 10.9. The molecule has 7 rings (SSSR count). The topological polar surface area (TPSA) is 12.2 Å². The number of nitrogens with zero attached hydrogens (tertiary/aromatic N) is 1. The highest BCUT2D eigenvalue weighted by Gasteiger charge is 2.59. The van der Waals surface area contributed by atoms with Crippen LogP contribution in [-0.2, 0) is 11.2 Å². The van der Waals surface area contributed by atoms with Gasteiger partial charge in [0.05, 0.1) is 11.5 Å². The van der Waals surface area contributed by atoms with Crippen LogP contribution in [0.4, 0.5) is 0 Å². The minimum absolute atomic E-state index is 0.270. The normalized spacial score (nSPS) is 34.1. The summed E-state index contributed by atoms with van der Waals surface area (Å²) in [5.74, 6) is 5.11. The summed E-state index contributed by atoms with van der Waals surface area (Å²) in [5.41, 5.74) is 11.5. The first-order valence-electron chi connectivity index (χ1n) is 15.5. The van der Waals surface area contributed by atoms with Crippen LogP contribution < -0.4 is 0 Å². The van der Waals surface area contributed by atoms with Crippen LogP contribution in [0.1, 0.15) is 108 Å². The maximum atomic E-state index is 6.94. The molecule has 2 nitrogen and oxygen atoms in total. The van der Waals surface area contributed by atoms with Gasteiger partial charge in [0.25, 0.3) is 0 Å². The van der Waals surface area contributed by atoms with Gasteiger partial charge in [-0.3, -0.25) is 0 Å². The molecule has 0 bridgehead atoms. The number of allylic oxidation sites excluding steroid dienone is 3. The highest BCUT2D eigenvalue weighted by molar-refractivity contribution is 6.03. The van der Waals surface area contributed by atoms with Crippen LogP contribution in [0, 0.1) is 23.7 Å². The Morgan fingerprint density at radius 2 is 1.78 bits per heavy atom. The zero-order chi connectivity index (χ0) is 25.4. The van der Waals surface area contributed by atoms with Gasteiger partial charge in [0.2, 0.25) is 0 Å². The summed E-state index contributed by atoms with van der Waals surface area (Å²) in [5, 5.41) is 0. The summed E-state index contributed by atoms with van der Waals surface area (Å²) < 4.78 is 9.87. The molecule has 3 aliphatic heterocycles. The van der Waals surface area contributed by atoms with Crippen molar-refractivity contribution in [1.82, 2.24) is 0 Å². The second-order valence-electron chi connectivity index (χ2n) is 13.6. The van der Waals surface area contributed by atoms with Gasteiger partial charge in [-0.2, -0.15) is 0 Å². The van der Waals surface area contributed by atoms with Crippen LogP contribution in [0.3, 0.4) is 0 Å². The van der Waals surface area contributed by atoms with E-state index < -0.39 is 0 Å². The van der Waals surface area contributed by atoms with E-state index in [9.17, 15) is 0 Å². The molecule has 1 aromatic rings. The van der Waals surface area contributed by atoms with Crippen molar-refractivity contribution in [3.63, 3.8) is 0 Å². The van der Waals surface area contributed by atoms with Gasteiger partial charge in [0, 0.05) is 30.3 Å². The first kappa shape index (κ1) is 24.0. The Labute approximate surface area is 224 Å². The number of rotatable bonds is 4. The Morgan fingerprint density at radius 1 is 1.03 bits per heavy atom. The van der Waals surface area contributed by atoms with Crippen LogP contribution >= 0.6 is 0 Å². The first-order valence-corrected chi connectivity index (χ1v) is 15.5. The fourth-order valence-electron chi connectivity index (χ4n) is 9.29. The van der Waals surface area contributed by atoms with Crippen molar-refractivity contribution in [3.05, 3.63) is 69.5 Å². The molecule has 0 amide bonds. The van der Waals surface area contributed by atoms with Crippen molar-refractivity contribution in [1.29, 1.82) is 0 Å². The Morgan fingerprint density at radius 3 is 2.54 bits per heavy atom. The van der Waals surface area contributed by atoms with Gasteiger partial charge in [-0.05, 0) is 72.1 Å². The van der Waals surface area contributed by atoms with E-state index in [1.807, 2.05) is 0 Å². The maximum Gasteiger partial charge on any atom is 0.187 e. The van der Waals surface area contributed by atoms with E-state index in [1.165, 1.54) is 56.4 Å². The maximum absolute atomic E-state index is 6.94. The lowest BCUT2D eigenvalue weighted by Gasteiger charge is -2.34. The Kier molecular flexibility index (Phi) is 5.83. The van der Waals surface area contributed by atoms with Crippen molar-refractivity contribution in [3.8, 4) is 0 Å². The second kappa shape index (κ2) is 8.99. The fourth-order valence-corrected chi connectivity index (χ4v) is 9.29. The lowest BCUT2D eigenvalue weighted by molar-refractivity contribution is -0.556. The van der Waals surface area contributed by atoms with E-state index in [-0.39, 0.29) is 6.10 Å². The Bertz CT molecular complexity index is 1210. The van der Waals surface area contributed by atoms with Crippen LogP contribution in [0.15, 0.2) is 52.8 Å². The summed E-state index contributed by atoms with van der Waals surface area (Å²) in [7, 11) is 0. The van der Waals surface area contributed by atoms with E-state index in [0.29, 0.717) is 29.6 Å². The monoisotopic (exact) mass is 496 g/mol. The van der Waals surface area contributed by atoms with Crippen molar-refractivity contribution in [2.24, 2.45) is 23.7 Å². The van der Waals surface area contributed by atoms with Gasteiger partial charge in [-0.15, -0.1) is 0 Å². The molecule has 6 aliphatic rings. The quantitative estimate of drug-likeness (QED) is 0.384. The summed E-state index contributed by atoms with van der Waals surface area (Å²) in [6.07, 6.45) is 15.4. The SMILES string of the molecule is CC1CC2C3=C(CCC=C3)OC2C2=C1C[N+]1=C2C(Cc2c(C(C)C)cccc2C(C)C)C2CCCCC21. The van der Waals surface area contributed by atoms with E-state index >= 15 is 0 Å². The largest absolute Gasteiger partial charge is 0.489 e. The zero-order valence-corrected chi connectivity index (χ0v) is 23.7. The fraction of sp³-hybridized carbons (Fsp3) is 0.629. The lowest BCUT2D eigenvalue weighted by atomic mass is 9.67. The summed E-state index contributed by atoms with van der Waals surface area (Å²) in [6.45, 7) is 13.2. The van der Waals surface area contributed by atoms with Crippen LogP contribution in [-0.4, -0.2) is 29.0 Å². The molecular formula is C35H46NO+. The molecule has 0 N–H and O–H groups in total. The minimum atomic E-state index is 0.270. The molecule has 196 valence electrons. The molecule has 37 heavy (non-hydrogen) atoms. The van der Waals surface area contributed by atoms with Crippen molar-refractivity contribution in [2.45, 2.75) is 110 Å². The Balaban J connectivity index is 1.33. The molecule has 6 atom stereocenters. The molecule has 0 radical (unpaired) electrons. The van der Waals surface area contributed by atoms with E-state index in [4.69, 9.17) is 4.74 Å². The highest BCUT2D eigenvalue weighted by atomic mass is 16.5. The molecular weight excluding hydrogens is 450 g/mol. The van der Waals surface area contributed by atoms with Gasteiger partial charge in [-0.1, -0.05) is 71.4 Å². The molecule has 0 spiro atoms. The smallest absolute Gasteiger partial charge is 0.187 e. The van der Waals surface area contributed by atoms with Crippen LogP contribution in [0.5, 0.6) is 0 Å². The van der Waals surface area contributed by atoms with Gasteiger partial charge in [0.15, 0.2) is 18.3 Å². The number of hydrogen-bond donors (Lipinski definition) is 0. The molecule has 3 heterocycles. The van der Waals surface area contributed by atoms with E-state index in [0.717, 1.165) is 24.8 Å².